The van der Waals surface area contributed by atoms with Crippen molar-refractivity contribution in [2.45, 2.75) is 43.3 Å². The highest BCUT2D eigenvalue weighted by atomic mass is 32.2. The average Bonchev–Trinajstić information content (AvgIpc) is 2.53. The Morgan fingerprint density at radius 2 is 1.90 bits per heavy atom. The predicted molar refractivity (Wildman–Crippen MR) is 81.1 cm³/mol. The summed E-state index contributed by atoms with van der Waals surface area (Å²) in [6, 6.07) is 9.51. The Kier molecular flexibility index (Phi) is 5.77. The van der Waals surface area contributed by atoms with Gasteiger partial charge < -0.3 is 4.74 Å². The van der Waals surface area contributed by atoms with E-state index in [2.05, 4.69) is 0 Å². The van der Waals surface area contributed by atoms with Crippen molar-refractivity contribution in [3.05, 3.63) is 35.9 Å². The van der Waals surface area contributed by atoms with Crippen molar-refractivity contribution in [3.63, 3.8) is 0 Å². The summed E-state index contributed by atoms with van der Waals surface area (Å²) in [6.45, 7) is 0. The predicted octanol–water partition coefficient (Wildman–Crippen LogP) is 3.02. The summed E-state index contributed by atoms with van der Waals surface area (Å²) in [5, 5.41) is 0.250. The molecular formula is C16H22O3S. The molecule has 0 aromatic heterocycles. The molecule has 1 aromatic carbocycles. The number of hydrogen-bond acceptors (Lipinski definition) is 3. The summed E-state index contributed by atoms with van der Waals surface area (Å²) >= 11 is 0. The van der Waals surface area contributed by atoms with Crippen LogP contribution in [0.1, 0.15) is 43.6 Å². The lowest BCUT2D eigenvalue weighted by atomic mass is 10.0. The Labute approximate surface area is 123 Å². The normalized spacial score (nSPS) is 19.2. The van der Waals surface area contributed by atoms with Gasteiger partial charge in [0.1, 0.15) is 0 Å². The summed E-state index contributed by atoms with van der Waals surface area (Å²) in [7, 11) is 0.431. The molecule has 0 amide bonds. The van der Waals surface area contributed by atoms with Crippen LogP contribution in [0.15, 0.2) is 30.3 Å². The average molecular weight is 294 g/mol. The lowest BCUT2D eigenvalue weighted by molar-refractivity contribution is -0.141. The van der Waals surface area contributed by atoms with Crippen LogP contribution in [0.2, 0.25) is 0 Å². The molecule has 1 fully saturated rings. The van der Waals surface area contributed by atoms with Crippen LogP contribution < -0.4 is 0 Å². The van der Waals surface area contributed by atoms with Gasteiger partial charge >= 0.3 is 5.97 Å². The van der Waals surface area contributed by atoms with Crippen LogP contribution in [0.4, 0.5) is 0 Å². The minimum absolute atomic E-state index is 0.250. The van der Waals surface area contributed by atoms with E-state index in [4.69, 9.17) is 4.74 Å². The Balaban J connectivity index is 2.08. The van der Waals surface area contributed by atoms with E-state index in [0.717, 1.165) is 31.2 Å². The molecule has 1 aliphatic carbocycles. The maximum absolute atomic E-state index is 12.5. The number of methoxy groups -OCH3 is 1. The standard InChI is InChI=1S/C16H22O3S/c1-19-16(17)15(13-8-4-2-5-9-13)12-20(18)14-10-6-3-7-11-14/h2,4-5,8-9,14-15H,3,6-7,10-12H2,1H3. The second-order valence-corrected chi connectivity index (χ2v) is 7.06. The molecule has 2 rings (SSSR count). The van der Waals surface area contributed by atoms with E-state index in [0.29, 0.717) is 5.75 Å². The SMILES string of the molecule is COC(=O)C(CS(=O)C1CCCCC1)c1ccccc1. The van der Waals surface area contributed by atoms with Crippen LogP contribution in [0.25, 0.3) is 0 Å². The molecule has 0 radical (unpaired) electrons. The van der Waals surface area contributed by atoms with Gasteiger partial charge in [-0.05, 0) is 18.4 Å². The summed E-state index contributed by atoms with van der Waals surface area (Å²) in [4.78, 5) is 12.0. The van der Waals surface area contributed by atoms with E-state index in [1.54, 1.807) is 0 Å². The van der Waals surface area contributed by atoms with Crippen molar-refractivity contribution in [3.8, 4) is 0 Å². The number of ether oxygens (including phenoxy) is 1. The zero-order chi connectivity index (χ0) is 14.4. The third-order valence-electron chi connectivity index (χ3n) is 3.94. The van der Waals surface area contributed by atoms with Crippen LogP contribution in [0.5, 0.6) is 0 Å². The van der Waals surface area contributed by atoms with Gasteiger partial charge in [-0.1, -0.05) is 49.6 Å². The topological polar surface area (TPSA) is 43.4 Å². The first-order valence-corrected chi connectivity index (χ1v) is 8.60. The van der Waals surface area contributed by atoms with Crippen LogP contribution in [-0.4, -0.2) is 28.3 Å². The number of carbonyl (C=O) groups excluding carboxylic acids is 1. The van der Waals surface area contributed by atoms with E-state index in [9.17, 15) is 9.00 Å². The van der Waals surface area contributed by atoms with E-state index < -0.39 is 16.7 Å². The highest BCUT2D eigenvalue weighted by Crippen LogP contribution is 2.26. The van der Waals surface area contributed by atoms with Crippen molar-refractivity contribution >= 4 is 16.8 Å². The molecular weight excluding hydrogens is 272 g/mol. The number of hydrogen-bond donors (Lipinski definition) is 0. The van der Waals surface area contributed by atoms with E-state index >= 15 is 0 Å². The maximum atomic E-state index is 12.5. The van der Waals surface area contributed by atoms with Crippen molar-refractivity contribution < 1.29 is 13.7 Å². The lowest BCUT2D eigenvalue weighted by Crippen LogP contribution is -2.27. The first-order valence-electron chi connectivity index (χ1n) is 7.22. The van der Waals surface area contributed by atoms with Gasteiger partial charge in [0.05, 0.1) is 13.0 Å². The quantitative estimate of drug-likeness (QED) is 0.784. The van der Waals surface area contributed by atoms with E-state index in [1.165, 1.54) is 13.5 Å². The van der Waals surface area contributed by atoms with Gasteiger partial charge in [0.15, 0.2) is 0 Å². The Bertz CT molecular complexity index is 452. The second-order valence-electron chi connectivity index (χ2n) is 5.29. The van der Waals surface area contributed by atoms with E-state index in [1.807, 2.05) is 30.3 Å². The first-order chi connectivity index (χ1) is 9.72. The van der Waals surface area contributed by atoms with E-state index in [-0.39, 0.29) is 11.2 Å². The number of rotatable bonds is 5. The highest BCUT2D eigenvalue weighted by Gasteiger charge is 2.28. The molecule has 1 aliphatic rings. The fraction of sp³-hybridized carbons (Fsp3) is 0.562. The van der Waals surface area contributed by atoms with Gasteiger partial charge in [0, 0.05) is 21.8 Å². The summed E-state index contributed by atoms with van der Waals surface area (Å²) in [5.41, 5.74) is 0.892. The van der Waals surface area contributed by atoms with Gasteiger partial charge in [-0.15, -0.1) is 0 Å². The molecule has 3 nitrogen and oxygen atoms in total. The van der Waals surface area contributed by atoms with Gasteiger partial charge in [-0.2, -0.15) is 0 Å². The fourth-order valence-corrected chi connectivity index (χ4v) is 4.54. The fourth-order valence-electron chi connectivity index (χ4n) is 2.76. The monoisotopic (exact) mass is 294 g/mol. The smallest absolute Gasteiger partial charge is 0.314 e. The lowest BCUT2D eigenvalue weighted by Gasteiger charge is -2.23. The molecule has 1 aromatic rings. The van der Waals surface area contributed by atoms with Crippen LogP contribution in [0, 0.1) is 0 Å². The van der Waals surface area contributed by atoms with Gasteiger partial charge in [0.25, 0.3) is 0 Å². The molecule has 0 bridgehead atoms. The van der Waals surface area contributed by atoms with Crippen LogP contribution in [0.3, 0.4) is 0 Å². The molecule has 110 valence electrons. The third-order valence-corrected chi connectivity index (χ3v) is 5.82. The minimum Gasteiger partial charge on any atom is -0.469 e. The number of esters is 1. The summed E-state index contributed by atoms with van der Waals surface area (Å²) in [5.74, 6) is -0.328. The van der Waals surface area contributed by atoms with Crippen molar-refractivity contribution in [2.75, 3.05) is 12.9 Å². The minimum atomic E-state index is -0.960. The highest BCUT2D eigenvalue weighted by molar-refractivity contribution is 7.85. The second kappa shape index (κ2) is 7.58. The molecule has 1 saturated carbocycles. The molecule has 0 N–H and O–H groups in total. The van der Waals surface area contributed by atoms with Gasteiger partial charge in [-0.25, -0.2) is 0 Å². The zero-order valence-electron chi connectivity index (χ0n) is 11.9. The Morgan fingerprint density at radius 3 is 2.50 bits per heavy atom. The van der Waals surface area contributed by atoms with Crippen LogP contribution >= 0.6 is 0 Å². The van der Waals surface area contributed by atoms with Crippen molar-refractivity contribution in [1.82, 2.24) is 0 Å². The number of benzene rings is 1. The summed E-state index contributed by atoms with van der Waals surface area (Å²) < 4.78 is 17.4. The van der Waals surface area contributed by atoms with Gasteiger partial charge in [0.2, 0.25) is 0 Å². The van der Waals surface area contributed by atoms with Crippen LogP contribution in [-0.2, 0) is 20.3 Å². The molecule has 2 unspecified atom stereocenters. The molecule has 0 heterocycles. The maximum Gasteiger partial charge on any atom is 0.314 e. The zero-order valence-corrected chi connectivity index (χ0v) is 12.7. The Hall–Kier alpha value is -1.16. The summed E-state index contributed by atoms with van der Waals surface area (Å²) in [6.07, 6.45) is 5.60. The molecule has 4 heteroatoms. The molecule has 2 atom stereocenters. The molecule has 0 saturated heterocycles. The third kappa shape index (κ3) is 3.92. The largest absolute Gasteiger partial charge is 0.469 e. The van der Waals surface area contributed by atoms with Gasteiger partial charge in [-0.3, -0.25) is 9.00 Å². The van der Waals surface area contributed by atoms with Crippen molar-refractivity contribution in [1.29, 1.82) is 0 Å². The van der Waals surface area contributed by atoms with Crippen molar-refractivity contribution in [2.24, 2.45) is 0 Å². The molecule has 20 heavy (non-hydrogen) atoms. The molecule has 0 spiro atoms. The first kappa shape index (κ1) is 15.2. The number of carbonyl (C=O) groups is 1. The Morgan fingerprint density at radius 1 is 1.25 bits per heavy atom. The molecule has 0 aliphatic heterocycles.